The molecule has 0 aromatic carbocycles. The van der Waals surface area contributed by atoms with Gasteiger partial charge in [-0.1, -0.05) is 13.8 Å². The smallest absolute Gasteiger partial charge is 0.257 e. The highest BCUT2D eigenvalue weighted by Gasteiger charge is 2.12. The Bertz CT molecular complexity index is 516. The van der Waals surface area contributed by atoms with Crippen molar-refractivity contribution in [2.24, 2.45) is 0 Å². The van der Waals surface area contributed by atoms with Crippen LogP contribution in [0.2, 0.25) is 0 Å². The van der Waals surface area contributed by atoms with Crippen LogP contribution in [0.15, 0.2) is 14.3 Å². The predicted molar refractivity (Wildman–Crippen MR) is 81.5 cm³/mol. The van der Waals surface area contributed by atoms with Gasteiger partial charge < -0.3 is 9.73 Å². The van der Waals surface area contributed by atoms with Gasteiger partial charge in [0, 0.05) is 12.5 Å². The largest absolute Gasteiger partial charge is 0.420 e. The molecule has 0 radical (unpaired) electrons. The SMILES string of the molecule is Cc1cc(-c2nnc(CCCNC(C)C)o2)sc1Br. The zero-order valence-corrected chi connectivity index (χ0v) is 13.8. The average molecular weight is 344 g/mol. The van der Waals surface area contributed by atoms with Crippen LogP contribution in [0.4, 0.5) is 0 Å². The maximum absolute atomic E-state index is 5.68. The van der Waals surface area contributed by atoms with Crippen LogP contribution in [-0.4, -0.2) is 22.8 Å². The minimum Gasteiger partial charge on any atom is -0.420 e. The van der Waals surface area contributed by atoms with Crippen LogP contribution in [0, 0.1) is 6.92 Å². The van der Waals surface area contributed by atoms with Crippen LogP contribution >= 0.6 is 27.3 Å². The van der Waals surface area contributed by atoms with E-state index in [1.807, 2.05) is 0 Å². The van der Waals surface area contributed by atoms with Crippen molar-refractivity contribution < 1.29 is 4.42 Å². The van der Waals surface area contributed by atoms with Gasteiger partial charge in [0.2, 0.25) is 5.89 Å². The maximum Gasteiger partial charge on any atom is 0.257 e. The third-order valence-corrected chi connectivity index (χ3v) is 4.78. The second kappa shape index (κ2) is 6.63. The standard InChI is InChI=1S/C13H18BrN3OS/c1-8(2)15-6-4-5-11-16-17-13(18-11)10-7-9(3)12(14)19-10/h7-8,15H,4-6H2,1-3H3. The van der Waals surface area contributed by atoms with Crippen molar-refractivity contribution in [3.63, 3.8) is 0 Å². The molecule has 0 aliphatic rings. The lowest BCUT2D eigenvalue weighted by Gasteiger charge is -2.05. The van der Waals surface area contributed by atoms with Gasteiger partial charge in [0.05, 0.1) is 8.66 Å². The number of aryl methyl sites for hydroxylation is 2. The molecule has 1 N–H and O–H groups in total. The monoisotopic (exact) mass is 343 g/mol. The molecule has 104 valence electrons. The number of rotatable bonds is 6. The topological polar surface area (TPSA) is 51.0 Å². The van der Waals surface area contributed by atoms with E-state index in [0.717, 1.165) is 28.0 Å². The molecule has 2 heterocycles. The number of hydrogen-bond donors (Lipinski definition) is 1. The van der Waals surface area contributed by atoms with Crippen molar-refractivity contribution in [1.29, 1.82) is 0 Å². The fraction of sp³-hybridized carbons (Fsp3) is 0.538. The van der Waals surface area contributed by atoms with E-state index in [0.29, 0.717) is 17.8 Å². The molecule has 0 unspecified atom stereocenters. The Hall–Kier alpha value is -0.720. The predicted octanol–water partition coefficient (Wildman–Crippen LogP) is 3.80. The first-order valence-corrected chi connectivity index (χ1v) is 7.99. The third kappa shape index (κ3) is 4.12. The molecule has 0 aliphatic heterocycles. The summed E-state index contributed by atoms with van der Waals surface area (Å²) >= 11 is 5.13. The van der Waals surface area contributed by atoms with E-state index in [2.05, 4.69) is 58.3 Å². The first-order chi connectivity index (χ1) is 9.06. The number of thiophene rings is 1. The fourth-order valence-corrected chi connectivity index (χ4v) is 3.11. The number of aromatic nitrogens is 2. The van der Waals surface area contributed by atoms with E-state index in [1.165, 1.54) is 5.56 Å². The summed E-state index contributed by atoms with van der Waals surface area (Å²) < 4.78 is 6.80. The van der Waals surface area contributed by atoms with Crippen molar-refractivity contribution in [1.82, 2.24) is 15.5 Å². The molecule has 0 aliphatic carbocycles. The van der Waals surface area contributed by atoms with Gasteiger partial charge in [-0.3, -0.25) is 0 Å². The highest BCUT2D eigenvalue weighted by molar-refractivity contribution is 9.11. The molecule has 0 spiro atoms. The summed E-state index contributed by atoms with van der Waals surface area (Å²) in [5.41, 5.74) is 1.20. The third-order valence-electron chi connectivity index (χ3n) is 2.65. The molecule has 2 rings (SSSR count). The van der Waals surface area contributed by atoms with Gasteiger partial charge in [0.1, 0.15) is 0 Å². The lowest BCUT2D eigenvalue weighted by atomic mass is 10.3. The zero-order chi connectivity index (χ0) is 13.8. The molecule has 0 saturated carbocycles. The Kier molecular flexibility index (Phi) is 5.13. The number of nitrogens with one attached hydrogen (secondary N) is 1. The summed E-state index contributed by atoms with van der Waals surface area (Å²) in [5.74, 6) is 1.33. The van der Waals surface area contributed by atoms with Crippen molar-refractivity contribution >= 4 is 27.3 Å². The molecule has 0 atom stereocenters. The van der Waals surface area contributed by atoms with Gasteiger partial charge in [-0.05, 0) is 47.4 Å². The molecular weight excluding hydrogens is 326 g/mol. The first-order valence-electron chi connectivity index (χ1n) is 6.38. The minimum atomic E-state index is 0.518. The molecule has 6 heteroatoms. The van der Waals surface area contributed by atoms with Crippen molar-refractivity contribution in [3.8, 4) is 10.8 Å². The maximum atomic E-state index is 5.68. The van der Waals surface area contributed by atoms with Crippen LogP contribution in [0.3, 0.4) is 0 Å². The Morgan fingerprint density at radius 3 is 2.84 bits per heavy atom. The highest BCUT2D eigenvalue weighted by atomic mass is 79.9. The summed E-state index contributed by atoms with van der Waals surface area (Å²) in [7, 11) is 0. The molecule has 2 aromatic heterocycles. The van der Waals surface area contributed by atoms with E-state index < -0.39 is 0 Å². The molecule has 0 bridgehead atoms. The van der Waals surface area contributed by atoms with Gasteiger partial charge in [0.25, 0.3) is 5.89 Å². The number of halogens is 1. The summed E-state index contributed by atoms with van der Waals surface area (Å²) in [6.07, 6.45) is 1.82. The summed E-state index contributed by atoms with van der Waals surface area (Å²) in [5, 5.41) is 11.6. The van der Waals surface area contributed by atoms with Crippen molar-refractivity contribution in [2.45, 2.75) is 39.7 Å². The van der Waals surface area contributed by atoms with Crippen LogP contribution in [0.5, 0.6) is 0 Å². The lowest BCUT2D eigenvalue weighted by molar-refractivity contribution is 0.484. The molecule has 4 nitrogen and oxygen atoms in total. The van der Waals surface area contributed by atoms with Crippen molar-refractivity contribution in [3.05, 3.63) is 21.3 Å². The second-order valence-electron chi connectivity index (χ2n) is 4.78. The quantitative estimate of drug-likeness (QED) is 0.810. The Balaban J connectivity index is 1.92. The van der Waals surface area contributed by atoms with E-state index in [-0.39, 0.29) is 0 Å². The summed E-state index contributed by atoms with van der Waals surface area (Å²) in [6, 6.07) is 2.58. The molecular formula is C13H18BrN3OS. The molecule has 2 aromatic rings. The molecule has 0 fully saturated rings. The van der Waals surface area contributed by atoms with Gasteiger partial charge in [0.15, 0.2) is 0 Å². The molecule has 0 amide bonds. The first kappa shape index (κ1) is 14.7. The van der Waals surface area contributed by atoms with E-state index >= 15 is 0 Å². The van der Waals surface area contributed by atoms with Crippen LogP contribution in [-0.2, 0) is 6.42 Å². The zero-order valence-electron chi connectivity index (χ0n) is 11.4. The lowest BCUT2D eigenvalue weighted by Crippen LogP contribution is -2.23. The van der Waals surface area contributed by atoms with Crippen LogP contribution < -0.4 is 5.32 Å². The van der Waals surface area contributed by atoms with Crippen molar-refractivity contribution in [2.75, 3.05) is 6.54 Å². The van der Waals surface area contributed by atoms with E-state index in [1.54, 1.807) is 11.3 Å². The summed E-state index contributed by atoms with van der Waals surface area (Å²) in [4.78, 5) is 1.02. The van der Waals surface area contributed by atoms with Crippen LogP contribution in [0.25, 0.3) is 10.8 Å². The van der Waals surface area contributed by atoms with Gasteiger partial charge in [-0.15, -0.1) is 21.5 Å². The molecule has 0 saturated heterocycles. The number of nitrogens with zero attached hydrogens (tertiary/aromatic N) is 2. The minimum absolute atomic E-state index is 0.518. The molecule has 19 heavy (non-hydrogen) atoms. The second-order valence-corrected chi connectivity index (χ2v) is 7.15. The van der Waals surface area contributed by atoms with Gasteiger partial charge >= 0.3 is 0 Å². The van der Waals surface area contributed by atoms with E-state index in [9.17, 15) is 0 Å². The Morgan fingerprint density at radius 1 is 1.42 bits per heavy atom. The normalized spacial score (nSPS) is 11.4. The highest BCUT2D eigenvalue weighted by Crippen LogP contribution is 2.33. The average Bonchev–Trinajstić information content (AvgIpc) is 2.93. The van der Waals surface area contributed by atoms with Gasteiger partial charge in [-0.2, -0.15) is 0 Å². The van der Waals surface area contributed by atoms with E-state index in [4.69, 9.17) is 4.42 Å². The number of hydrogen-bond acceptors (Lipinski definition) is 5. The van der Waals surface area contributed by atoms with Crippen LogP contribution in [0.1, 0.15) is 31.7 Å². The Labute approximate surface area is 125 Å². The summed E-state index contributed by atoms with van der Waals surface area (Å²) in [6.45, 7) is 7.31. The van der Waals surface area contributed by atoms with Gasteiger partial charge in [-0.25, -0.2) is 0 Å². The fourth-order valence-electron chi connectivity index (χ4n) is 1.65. The Morgan fingerprint density at radius 2 is 2.21 bits per heavy atom.